The quantitative estimate of drug-likeness (QED) is 0.672. The van der Waals surface area contributed by atoms with Crippen LogP contribution in [0.5, 0.6) is 0 Å². The van der Waals surface area contributed by atoms with Crippen LogP contribution in [0.3, 0.4) is 0 Å². The number of hydrogen-bond acceptors (Lipinski definition) is 6. The lowest BCUT2D eigenvalue weighted by molar-refractivity contribution is -0.122. The van der Waals surface area contributed by atoms with E-state index in [4.69, 9.17) is 4.52 Å². The van der Waals surface area contributed by atoms with E-state index >= 15 is 0 Å². The number of para-hydroxylation sites is 2. The lowest BCUT2D eigenvalue weighted by atomic mass is 10.2. The first-order valence-corrected chi connectivity index (χ1v) is 8.67. The number of benzene rings is 1. The number of aliphatic hydroxyl groups excluding tert-OH is 1. The van der Waals surface area contributed by atoms with E-state index in [0.717, 1.165) is 11.0 Å². The molecule has 8 nitrogen and oxygen atoms in total. The third-order valence-corrected chi connectivity index (χ3v) is 4.16. The van der Waals surface area contributed by atoms with E-state index in [2.05, 4.69) is 20.4 Å². The number of aliphatic hydroxyl groups is 1. The van der Waals surface area contributed by atoms with E-state index in [1.165, 1.54) is 0 Å². The highest BCUT2D eigenvalue weighted by Gasteiger charge is 2.18. The minimum atomic E-state index is -0.362. The standard InChI is InChI=1S/C18H23N5O3/c1-11(2)17-21-18(26-22-17)12(3)19-16(25)8-9-23-14-7-5-4-6-13(14)20-15(23)10-24/h4-7,11-12,24H,8-10H2,1-3H3,(H,19,25)/t12-/m0/s1. The number of rotatable bonds is 7. The fourth-order valence-corrected chi connectivity index (χ4v) is 2.74. The number of nitrogens with one attached hydrogen (secondary N) is 1. The number of aryl methyl sites for hydroxylation is 1. The van der Waals surface area contributed by atoms with E-state index in [1.807, 2.05) is 42.7 Å². The van der Waals surface area contributed by atoms with Crippen LogP contribution in [0.15, 0.2) is 28.8 Å². The third kappa shape index (κ3) is 3.75. The van der Waals surface area contributed by atoms with Gasteiger partial charge >= 0.3 is 0 Å². The molecule has 0 aliphatic heterocycles. The summed E-state index contributed by atoms with van der Waals surface area (Å²) in [5.41, 5.74) is 1.70. The molecule has 0 aliphatic rings. The fourth-order valence-electron chi connectivity index (χ4n) is 2.74. The van der Waals surface area contributed by atoms with Crippen LogP contribution < -0.4 is 5.32 Å². The van der Waals surface area contributed by atoms with Crippen molar-refractivity contribution in [2.24, 2.45) is 0 Å². The highest BCUT2D eigenvalue weighted by Crippen LogP contribution is 2.17. The van der Waals surface area contributed by atoms with Crippen molar-refractivity contribution < 1.29 is 14.4 Å². The lowest BCUT2D eigenvalue weighted by Gasteiger charge is -2.11. The number of nitrogens with zero attached hydrogens (tertiary/aromatic N) is 4. The summed E-state index contributed by atoms with van der Waals surface area (Å²) in [7, 11) is 0. The van der Waals surface area contributed by atoms with Gasteiger partial charge in [-0.2, -0.15) is 4.98 Å². The molecule has 0 aliphatic carbocycles. The Hall–Kier alpha value is -2.74. The van der Waals surface area contributed by atoms with Crippen molar-refractivity contribution in [1.82, 2.24) is 25.0 Å². The molecule has 26 heavy (non-hydrogen) atoms. The zero-order valence-corrected chi connectivity index (χ0v) is 15.1. The molecule has 0 saturated heterocycles. The molecule has 2 N–H and O–H groups in total. The monoisotopic (exact) mass is 357 g/mol. The van der Waals surface area contributed by atoms with Gasteiger partial charge in [0, 0.05) is 18.9 Å². The average molecular weight is 357 g/mol. The van der Waals surface area contributed by atoms with Gasteiger partial charge < -0.3 is 19.5 Å². The molecule has 2 aromatic heterocycles. The maximum Gasteiger partial charge on any atom is 0.248 e. The smallest absolute Gasteiger partial charge is 0.248 e. The van der Waals surface area contributed by atoms with Crippen LogP contribution in [0, 0.1) is 0 Å². The Morgan fingerprint density at radius 1 is 1.27 bits per heavy atom. The van der Waals surface area contributed by atoms with Crippen LogP contribution in [-0.2, 0) is 17.9 Å². The number of carbonyl (C=O) groups is 1. The molecule has 0 saturated carbocycles. The maximum absolute atomic E-state index is 12.3. The van der Waals surface area contributed by atoms with E-state index in [0.29, 0.717) is 24.1 Å². The minimum absolute atomic E-state index is 0.136. The number of amides is 1. The molecule has 2 heterocycles. The van der Waals surface area contributed by atoms with Gasteiger partial charge in [-0.1, -0.05) is 31.1 Å². The topological polar surface area (TPSA) is 106 Å². The molecular weight excluding hydrogens is 334 g/mol. The van der Waals surface area contributed by atoms with E-state index < -0.39 is 0 Å². The second-order valence-corrected chi connectivity index (χ2v) is 6.51. The van der Waals surface area contributed by atoms with Crippen molar-refractivity contribution >= 4 is 16.9 Å². The summed E-state index contributed by atoms with van der Waals surface area (Å²) in [5, 5.41) is 16.3. The van der Waals surface area contributed by atoms with Crippen molar-refractivity contribution in [3.8, 4) is 0 Å². The molecule has 3 aromatic rings. The number of hydrogen-bond donors (Lipinski definition) is 2. The van der Waals surface area contributed by atoms with Crippen LogP contribution in [0.25, 0.3) is 11.0 Å². The molecule has 0 unspecified atom stereocenters. The first kappa shape index (κ1) is 18.1. The summed E-state index contributed by atoms with van der Waals surface area (Å²) in [4.78, 5) is 21.0. The largest absolute Gasteiger partial charge is 0.388 e. The highest BCUT2D eigenvalue weighted by atomic mass is 16.5. The molecule has 0 radical (unpaired) electrons. The molecule has 1 amide bonds. The highest BCUT2D eigenvalue weighted by molar-refractivity contribution is 5.78. The number of carbonyl (C=O) groups excluding carboxylic acids is 1. The van der Waals surface area contributed by atoms with Crippen molar-refractivity contribution in [2.45, 2.75) is 52.3 Å². The second kappa shape index (κ2) is 7.65. The Kier molecular flexibility index (Phi) is 5.32. The van der Waals surface area contributed by atoms with Gasteiger partial charge in [0.25, 0.3) is 0 Å². The summed E-state index contributed by atoms with van der Waals surface area (Å²) in [6, 6.07) is 7.25. The average Bonchev–Trinajstić information content (AvgIpc) is 3.24. The molecule has 3 rings (SSSR count). The van der Waals surface area contributed by atoms with E-state index in [9.17, 15) is 9.90 Å². The number of fused-ring (bicyclic) bond motifs is 1. The maximum atomic E-state index is 12.3. The van der Waals surface area contributed by atoms with Gasteiger partial charge in [-0.15, -0.1) is 0 Å². The first-order valence-electron chi connectivity index (χ1n) is 8.67. The van der Waals surface area contributed by atoms with Crippen molar-refractivity contribution in [1.29, 1.82) is 0 Å². The summed E-state index contributed by atoms with van der Waals surface area (Å²) in [6.45, 7) is 6.02. The van der Waals surface area contributed by atoms with Gasteiger partial charge in [0.2, 0.25) is 11.8 Å². The molecule has 0 fully saturated rings. The van der Waals surface area contributed by atoms with E-state index in [1.54, 1.807) is 6.92 Å². The van der Waals surface area contributed by atoms with Crippen molar-refractivity contribution in [3.05, 3.63) is 41.8 Å². The van der Waals surface area contributed by atoms with Gasteiger partial charge in [-0.25, -0.2) is 4.98 Å². The summed E-state index contributed by atoms with van der Waals surface area (Å²) >= 11 is 0. The molecule has 0 bridgehead atoms. The van der Waals surface area contributed by atoms with Gasteiger partial charge in [-0.3, -0.25) is 4.79 Å². The lowest BCUT2D eigenvalue weighted by Crippen LogP contribution is -2.28. The van der Waals surface area contributed by atoms with Crippen molar-refractivity contribution in [3.63, 3.8) is 0 Å². The number of aromatic nitrogens is 4. The normalized spacial score (nSPS) is 12.7. The Bertz CT molecular complexity index is 899. The van der Waals surface area contributed by atoms with Crippen molar-refractivity contribution in [2.75, 3.05) is 0 Å². The Morgan fingerprint density at radius 3 is 2.73 bits per heavy atom. The van der Waals surface area contributed by atoms with Crippen LogP contribution in [-0.4, -0.2) is 30.7 Å². The van der Waals surface area contributed by atoms with Crippen LogP contribution in [0.2, 0.25) is 0 Å². The molecule has 1 aromatic carbocycles. The molecule has 0 spiro atoms. The second-order valence-electron chi connectivity index (χ2n) is 6.51. The van der Waals surface area contributed by atoms with Crippen LogP contribution in [0.1, 0.15) is 56.7 Å². The fraction of sp³-hybridized carbons (Fsp3) is 0.444. The zero-order valence-electron chi connectivity index (χ0n) is 15.1. The Labute approximate surface area is 151 Å². The van der Waals surface area contributed by atoms with Gasteiger partial charge in [0.1, 0.15) is 18.5 Å². The molecule has 138 valence electrons. The van der Waals surface area contributed by atoms with Crippen LogP contribution in [0.4, 0.5) is 0 Å². The van der Waals surface area contributed by atoms with Crippen LogP contribution >= 0.6 is 0 Å². The predicted octanol–water partition coefficient (Wildman–Crippen LogP) is 2.30. The number of imidazole rings is 1. The molecular formula is C18H23N5O3. The third-order valence-electron chi connectivity index (χ3n) is 4.16. The molecule has 8 heteroatoms. The van der Waals surface area contributed by atoms with Gasteiger partial charge in [0.05, 0.1) is 11.0 Å². The minimum Gasteiger partial charge on any atom is -0.388 e. The summed E-state index contributed by atoms with van der Waals surface area (Å²) in [6.07, 6.45) is 0.253. The molecule has 1 atom stereocenters. The first-order chi connectivity index (χ1) is 12.5. The Morgan fingerprint density at radius 2 is 2.04 bits per heavy atom. The summed E-state index contributed by atoms with van der Waals surface area (Å²) < 4.78 is 7.07. The zero-order chi connectivity index (χ0) is 18.7. The predicted molar refractivity (Wildman–Crippen MR) is 95.2 cm³/mol. The van der Waals surface area contributed by atoms with E-state index in [-0.39, 0.29) is 30.9 Å². The van der Waals surface area contributed by atoms with Gasteiger partial charge in [-0.05, 0) is 19.1 Å². The Balaban J connectivity index is 1.63. The summed E-state index contributed by atoms with van der Waals surface area (Å²) in [5.74, 6) is 1.60. The SMILES string of the molecule is CC(C)c1noc([C@H](C)NC(=O)CCn2c(CO)nc3ccccc32)n1. The van der Waals surface area contributed by atoms with Gasteiger partial charge in [0.15, 0.2) is 5.82 Å².